The van der Waals surface area contributed by atoms with Gasteiger partial charge in [0.15, 0.2) is 0 Å². The van der Waals surface area contributed by atoms with Gasteiger partial charge in [-0.3, -0.25) is 0 Å². The molecule has 1 aliphatic heterocycles. The number of aliphatic hydroxyl groups excluding tert-OH is 2. The summed E-state index contributed by atoms with van der Waals surface area (Å²) in [5.41, 5.74) is 0. The highest BCUT2D eigenvalue weighted by Crippen LogP contribution is 2.32. The lowest BCUT2D eigenvalue weighted by Crippen LogP contribution is -2.44. The second-order valence-electron chi connectivity index (χ2n) is 7.63. The van der Waals surface area contributed by atoms with E-state index in [1.54, 1.807) is 0 Å². The third kappa shape index (κ3) is 8.37. The van der Waals surface area contributed by atoms with Crippen molar-refractivity contribution in [2.24, 2.45) is 11.8 Å². The van der Waals surface area contributed by atoms with E-state index in [0.717, 1.165) is 44.8 Å². The molecular weight excluding hydrogens is 330 g/mol. The molecule has 26 heavy (non-hydrogen) atoms. The predicted molar refractivity (Wildman–Crippen MR) is 103 cm³/mol. The smallest absolute Gasteiger partial charge is 0.143 e. The molecule has 0 spiro atoms. The Bertz CT molecular complexity index is 404. The fourth-order valence-corrected chi connectivity index (χ4v) is 4.23. The number of rotatable bonds is 10. The Hall–Kier alpha value is -0.640. The van der Waals surface area contributed by atoms with Gasteiger partial charge in [0.05, 0.1) is 6.10 Å². The van der Waals surface area contributed by atoms with Gasteiger partial charge in [-0.25, -0.2) is 0 Å². The quantitative estimate of drug-likeness (QED) is 0.314. The molecule has 2 rings (SSSR count). The molecule has 0 aromatic rings. The number of hydrogen-bond acceptors (Lipinski definition) is 5. The van der Waals surface area contributed by atoms with E-state index >= 15 is 0 Å². The summed E-state index contributed by atoms with van der Waals surface area (Å²) in [4.78, 5) is 0. The van der Waals surface area contributed by atoms with Crippen LogP contribution in [-0.2, 0) is 9.47 Å². The summed E-state index contributed by atoms with van der Waals surface area (Å²) in [5.74, 6) is 7.14. The summed E-state index contributed by atoms with van der Waals surface area (Å²) in [6, 6.07) is 0.643. The molecule has 0 aromatic heterocycles. The van der Waals surface area contributed by atoms with Gasteiger partial charge >= 0.3 is 0 Å². The Labute approximate surface area is 158 Å². The van der Waals surface area contributed by atoms with E-state index in [-0.39, 0.29) is 13.4 Å². The molecular formula is C21H37NO4. The Balaban J connectivity index is 1.49. The summed E-state index contributed by atoms with van der Waals surface area (Å²) in [5, 5.41) is 21.0. The molecule has 0 radical (unpaired) electrons. The van der Waals surface area contributed by atoms with Gasteiger partial charge in [0.25, 0.3) is 0 Å². The van der Waals surface area contributed by atoms with Gasteiger partial charge in [-0.05, 0) is 57.3 Å². The average molecular weight is 368 g/mol. The number of aliphatic hydroxyl groups is 2. The Morgan fingerprint density at radius 1 is 0.885 bits per heavy atom. The molecule has 0 aromatic carbocycles. The van der Waals surface area contributed by atoms with Crippen molar-refractivity contribution in [3.05, 3.63) is 0 Å². The van der Waals surface area contributed by atoms with E-state index in [1.165, 1.54) is 38.5 Å². The van der Waals surface area contributed by atoms with E-state index in [1.807, 2.05) is 0 Å². The molecule has 1 aliphatic carbocycles. The monoisotopic (exact) mass is 367 g/mol. The molecule has 5 heteroatoms. The number of hydrogen-bond donors (Lipinski definition) is 3. The van der Waals surface area contributed by atoms with Crippen molar-refractivity contribution in [3.63, 3.8) is 0 Å². The van der Waals surface area contributed by atoms with Crippen LogP contribution in [0.1, 0.15) is 64.2 Å². The average Bonchev–Trinajstić information content (AvgIpc) is 2.69. The van der Waals surface area contributed by atoms with Crippen LogP contribution in [0.5, 0.6) is 0 Å². The zero-order valence-electron chi connectivity index (χ0n) is 16.1. The summed E-state index contributed by atoms with van der Waals surface area (Å²) >= 11 is 0. The van der Waals surface area contributed by atoms with E-state index in [9.17, 15) is 0 Å². The summed E-state index contributed by atoms with van der Waals surface area (Å²) in [6.07, 6.45) is 12.2. The van der Waals surface area contributed by atoms with Gasteiger partial charge in [0, 0.05) is 31.7 Å². The van der Waals surface area contributed by atoms with Crippen molar-refractivity contribution in [2.75, 3.05) is 33.2 Å². The second kappa shape index (κ2) is 13.5. The molecule has 1 saturated carbocycles. The number of nitrogens with one attached hydrogen (secondary N) is 1. The maximum Gasteiger partial charge on any atom is 0.143 e. The van der Waals surface area contributed by atoms with Crippen molar-refractivity contribution in [1.82, 2.24) is 5.32 Å². The van der Waals surface area contributed by atoms with Crippen LogP contribution in [0.4, 0.5) is 0 Å². The lowest BCUT2D eigenvalue weighted by Gasteiger charge is -2.37. The molecule has 2 aliphatic rings. The molecule has 5 nitrogen and oxygen atoms in total. The first kappa shape index (κ1) is 21.7. The molecule has 0 bridgehead atoms. The zero-order chi connectivity index (χ0) is 18.5. The molecule has 1 heterocycles. The number of unbranched alkanes of at least 4 members (excludes halogenated alkanes) is 3. The fraction of sp³-hybridized carbons (Fsp3) is 0.905. The van der Waals surface area contributed by atoms with Crippen LogP contribution >= 0.6 is 0 Å². The normalized spacial score (nSPS) is 29.2. The van der Waals surface area contributed by atoms with Crippen molar-refractivity contribution in [2.45, 2.75) is 76.4 Å². The largest absolute Gasteiger partial charge is 0.384 e. The Kier molecular flexibility index (Phi) is 11.3. The summed E-state index contributed by atoms with van der Waals surface area (Å²) in [6.45, 7) is 2.31. The molecule has 0 amide bonds. The maximum atomic E-state index is 8.79. The van der Waals surface area contributed by atoms with Crippen molar-refractivity contribution >= 4 is 0 Å². The van der Waals surface area contributed by atoms with E-state index in [4.69, 9.17) is 19.7 Å². The molecule has 150 valence electrons. The highest BCUT2D eigenvalue weighted by molar-refractivity contribution is 5.06. The SMILES string of the molecule is OCC#CC1CCC(C2CCC(OCCCCCCOCO)CC2)NC1. The molecule has 1 saturated heterocycles. The van der Waals surface area contributed by atoms with Crippen LogP contribution in [0.15, 0.2) is 0 Å². The van der Waals surface area contributed by atoms with Gasteiger partial charge in [0.2, 0.25) is 0 Å². The molecule has 3 N–H and O–H groups in total. The lowest BCUT2D eigenvalue weighted by atomic mass is 9.78. The first-order valence-electron chi connectivity index (χ1n) is 10.5. The van der Waals surface area contributed by atoms with Gasteiger partial charge < -0.3 is 25.0 Å². The number of ether oxygens (including phenoxy) is 2. The van der Waals surface area contributed by atoms with Crippen LogP contribution in [0.25, 0.3) is 0 Å². The first-order chi connectivity index (χ1) is 12.8. The summed E-state index contributed by atoms with van der Waals surface area (Å²) in [7, 11) is 0. The molecule has 2 fully saturated rings. The van der Waals surface area contributed by atoms with Gasteiger partial charge in [0.1, 0.15) is 13.4 Å². The topological polar surface area (TPSA) is 71.0 Å². The maximum absolute atomic E-state index is 8.79. The van der Waals surface area contributed by atoms with Crippen molar-refractivity contribution in [3.8, 4) is 11.8 Å². The Morgan fingerprint density at radius 2 is 1.65 bits per heavy atom. The van der Waals surface area contributed by atoms with Crippen LogP contribution in [0.3, 0.4) is 0 Å². The highest BCUT2D eigenvalue weighted by Gasteiger charge is 2.30. The minimum atomic E-state index is -0.166. The minimum Gasteiger partial charge on any atom is -0.384 e. The van der Waals surface area contributed by atoms with E-state index in [0.29, 0.717) is 24.7 Å². The van der Waals surface area contributed by atoms with Crippen LogP contribution in [0, 0.1) is 23.7 Å². The third-order valence-electron chi connectivity index (χ3n) is 5.75. The van der Waals surface area contributed by atoms with Crippen LogP contribution in [-0.4, -0.2) is 55.5 Å². The fourth-order valence-electron chi connectivity index (χ4n) is 4.23. The van der Waals surface area contributed by atoms with Crippen LogP contribution in [0.2, 0.25) is 0 Å². The highest BCUT2D eigenvalue weighted by atomic mass is 16.6. The molecule has 2 atom stereocenters. The van der Waals surface area contributed by atoms with Gasteiger partial charge in [-0.15, -0.1) is 0 Å². The third-order valence-corrected chi connectivity index (χ3v) is 5.75. The molecule has 2 unspecified atom stereocenters. The van der Waals surface area contributed by atoms with Crippen molar-refractivity contribution in [1.29, 1.82) is 0 Å². The van der Waals surface area contributed by atoms with Crippen molar-refractivity contribution < 1.29 is 19.7 Å². The van der Waals surface area contributed by atoms with Crippen LogP contribution < -0.4 is 5.32 Å². The van der Waals surface area contributed by atoms with E-state index in [2.05, 4.69) is 17.2 Å². The van der Waals surface area contributed by atoms with Gasteiger partial charge in [-0.2, -0.15) is 0 Å². The number of piperidine rings is 1. The minimum absolute atomic E-state index is 0.0257. The summed E-state index contributed by atoms with van der Waals surface area (Å²) < 4.78 is 11.0. The Morgan fingerprint density at radius 3 is 2.31 bits per heavy atom. The second-order valence-corrected chi connectivity index (χ2v) is 7.63. The van der Waals surface area contributed by atoms with Gasteiger partial charge in [-0.1, -0.05) is 24.7 Å². The lowest BCUT2D eigenvalue weighted by molar-refractivity contribution is -0.00404. The van der Waals surface area contributed by atoms with E-state index < -0.39 is 0 Å². The predicted octanol–water partition coefficient (Wildman–Crippen LogP) is 2.45. The standard InChI is InChI=1S/C21H37NO4/c23-13-5-6-18-7-12-21(22-16-18)19-8-10-20(11-9-19)26-15-4-2-1-3-14-25-17-24/h18-24H,1-4,7-17H2. The first-order valence-corrected chi connectivity index (χ1v) is 10.5. The zero-order valence-corrected chi connectivity index (χ0v) is 16.1.